The molecule has 0 atom stereocenters. The molecule has 4 heteroatoms. The van der Waals surface area contributed by atoms with Crippen LogP contribution in [0.15, 0.2) is 47.4 Å². The lowest BCUT2D eigenvalue weighted by molar-refractivity contribution is 0.591. The summed E-state index contributed by atoms with van der Waals surface area (Å²) in [4.78, 5) is 0.932. The SMILES string of the molecule is Fc1ccc(F)c(CSc2cccc(Cl)c2)c1. The van der Waals surface area contributed by atoms with E-state index in [1.807, 2.05) is 12.1 Å². The summed E-state index contributed by atoms with van der Waals surface area (Å²) >= 11 is 7.26. The van der Waals surface area contributed by atoms with Crippen LogP contribution in [0.3, 0.4) is 0 Å². The molecule has 0 saturated carbocycles. The smallest absolute Gasteiger partial charge is 0.127 e. The average Bonchev–Trinajstić information content (AvgIpc) is 2.30. The first-order valence-electron chi connectivity index (χ1n) is 4.97. The summed E-state index contributed by atoms with van der Waals surface area (Å²) in [6.07, 6.45) is 0. The molecule has 0 saturated heterocycles. The van der Waals surface area contributed by atoms with Gasteiger partial charge in [-0.05, 0) is 36.4 Å². The van der Waals surface area contributed by atoms with Crippen molar-refractivity contribution in [3.63, 3.8) is 0 Å². The Bertz CT molecular complexity index is 529. The van der Waals surface area contributed by atoms with Gasteiger partial charge in [0.2, 0.25) is 0 Å². The van der Waals surface area contributed by atoms with E-state index in [-0.39, 0.29) is 5.82 Å². The van der Waals surface area contributed by atoms with Gasteiger partial charge in [-0.2, -0.15) is 0 Å². The van der Waals surface area contributed by atoms with Crippen LogP contribution in [-0.4, -0.2) is 0 Å². The summed E-state index contributed by atoms with van der Waals surface area (Å²) in [5, 5.41) is 0.634. The molecule has 0 radical (unpaired) electrons. The summed E-state index contributed by atoms with van der Waals surface area (Å²) in [7, 11) is 0. The third-order valence-electron chi connectivity index (χ3n) is 2.20. The molecule has 0 heterocycles. The Morgan fingerprint density at radius 1 is 1.06 bits per heavy atom. The van der Waals surface area contributed by atoms with Crippen LogP contribution in [0.2, 0.25) is 5.02 Å². The third-order valence-corrected chi connectivity index (χ3v) is 3.48. The number of rotatable bonds is 3. The van der Waals surface area contributed by atoms with Crippen LogP contribution < -0.4 is 0 Å². The minimum absolute atomic E-state index is 0.356. The van der Waals surface area contributed by atoms with Gasteiger partial charge in [-0.3, -0.25) is 0 Å². The number of hydrogen-bond acceptors (Lipinski definition) is 1. The Balaban J connectivity index is 2.09. The summed E-state index contributed by atoms with van der Waals surface area (Å²) < 4.78 is 26.3. The first-order valence-corrected chi connectivity index (χ1v) is 6.34. The van der Waals surface area contributed by atoms with Gasteiger partial charge in [0.05, 0.1) is 0 Å². The molecule has 0 aliphatic carbocycles. The van der Waals surface area contributed by atoms with Gasteiger partial charge in [0.15, 0.2) is 0 Å². The van der Waals surface area contributed by atoms with Crippen molar-refractivity contribution < 1.29 is 8.78 Å². The van der Waals surface area contributed by atoms with Crippen LogP contribution in [0.1, 0.15) is 5.56 Å². The van der Waals surface area contributed by atoms with E-state index in [1.54, 1.807) is 12.1 Å². The van der Waals surface area contributed by atoms with Gasteiger partial charge in [-0.15, -0.1) is 11.8 Å². The first kappa shape index (κ1) is 12.4. The number of benzene rings is 2. The van der Waals surface area contributed by atoms with E-state index in [2.05, 4.69) is 0 Å². The summed E-state index contributed by atoms with van der Waals surface area (Å²) in [6, 6.07) is 10.7. The van der Waals surface area contributed by atoms with Gasteiger partial charge >= 0.3 is 0 Å². The fourth-order valence-corrected chi connectivity index (χ4v) is 2.56. The van der Waals surface area contributed by atoms with Crippen molar-refractivity contribution in [2.24, 2.45) is 0 Å². The fourth-order valence-electron chi connectivity index (χ4n) is 1.37. The van der Waals surface area contributed by atoms with Crippen molar-refractivity contribution in [2.75, 3.05) is 0 Å². The van der Waals surface area contributed by atoms with E-state index >= 15 is 0 Å². The fraction of sp³-hybridized carbons (Fsp3) is 0.0769. The van der Waals surface area contributed by atoms with E-state index in [1.165, 1.54) is 17.8 Å². The standard InChI is InChI=1S/C13H9ClF2S/c14-10-2-1-3-12(7-10)17-8-9-6-11(15)4-5-13(9)16/h1-7H,8H2. The van der Waals surface area contributed by atoms with Gasteiger partial charge < -0.3 is 0 Å². The Hall–Kier alpha value is -1.06. The van der Waals surface area contributed by atoms with Crippen LogP contribution in [-0.2, 0) is 5.75 Å². The minimum Gasteiger partial charge on any atom is -0.207 e. The maximum atomic E-state index is 13.3. The lowest BCUT2D eigenvalue weighted by atomic mass is 10.2. The van der Waals surface area contributed by atoms with Crippen molar-refractivity contribution in [1.29, 1.82) is 0 Å². The molecule has 88 valence electrons. The van der Waals surface area contributed by atoms with Gasteiger partial charge in [0, 0.05) is 21.2 Å². The zero-order valence-electron chi connectivity index (χ0n) is 8.79. The maximum absolute atomic E-state index is 13.3. The minimum atomic E-state index is -0.423. The Morgan fingerprint density at radius 2 is 1.88 bits per heavy atom. The first-order chi connectivity index (χ1) is 8.15. The second-order valence-electron chi connectivity index (χ2n) is 3.48. The van der Waals surface area contributed by atoms with Crippen molar-refractivity contribution in [3.05, 3.63) is 64.7 Å². The molecule has 0 aliphatic heterocycles. The Morgan fingerprint density at radius 3 is 2.65 bits per heavy atom. The number of thioether (sulfide) groups is 1. The van der Waals surface area contributed by atoms with Gasteiger partial charge in [0.25, 0.3) is 0 Å². The second kappa shape index (κ2) is 5.52. The van der Waals surface area contributed by atoms with Gasteiger partial charge in [0.1, 0.15) is 11.6 Å². The van der Waals surface area contributed by atoms with Crippen LogP contribution in [0.25, 0.3) is 0 Å². The van der Waals surface area contributed by atoms with Crippen molar-refractivity contribution in [1.82, 2.24) is 0 Å². The average molecular weight is 271 g/mol. The lowest BCUT2D eigenvalue weighted by Gasteiger charge is -2.04. The molecule has 0 bridgehead atoms. The molecule has 0 spiro atoms. The molecule has 2 rings (SSSR count). The zero-order valence-corrected chi connectivity index (χ0v) is 10.4. The molecule has 2 aromatic rings. The van der Waals surface area contributed by atoms with Gasteiger partial charge in [-0.25, -0.2) is 8.78 Å². The number of halogens is 3. The van der Waals surface area contributed by atoms with Crippen LogP contribution in [0.4, 0.5) is 8.78 Å². The third kappa shape index (κ3) is 3.45. The Kier molecular flexibility index (Phi) is 4.02. The molecule has 17 heavy (non-hydrogen) atoms. The van der Waals surface area contributed by atoms with Crippen molar-refractivity contribution >= 4 is 23.4 Å². The van der Waals surface area contributed by atoms with Crippen molar-refractivity contribution in [3.8, 4) is 0 Å². The van der Waals surface area contributed by atoms with E-state index in [9.17, 15) is 8.78 Å². The zero-order chi connectivity index (χ0) is 12.3. The van der Waals surface area contributed by atoms with E-state index < -0.39 is 5.82 Å². The van der Waals surface area contributed by atoms with Gasteiger partial charge in [-0.1, -0.05) is 17.7 Å². The molecule has 0 N–H and O–H groups in total. The molecule has 0 aliphatic rings. The molecule has 0 amide bonds. The topological polar surface area (TPSA) is 0 Å². The normalized spacial score (nSPS) is 10.5. The number of hydrogen-bond donors (Lipinski definition) is 0. The van der Waals surface area contributed by atoms with E-state index in [0.717, 1.165) is 17.0 Å². The van der Waals surface area contributed by atoms with Crippen LogP contribution in [0, 0.1) is 11.6 Å². The monoisotopic (exact) mass is 270 g/mol. The molecule has 0 aromatic heterocycles. The molecular weight excluding hydrogens is 262 g/mol. The summed E-state index contributed by atoms with van der Waals surface area (Å²) in [6.45, 7) is 0. The van der Waals surface area contributed by atoms with Crippen molar-refractivity contribution in [2.45, 2.75) is 10.6 Å². The molecule has 0 nitrogen and oxygen atoms in total. The summed E-state index contributed by atoms with van der Waals surface area (Å²) in [5.74, 6) is -0.432. The predicted molar refractivity (Wildman–Crippen MR) is 67.4 cm³/mol. The largest absolute Gasteiger partial charge is 0.207 e. The predicted octanol–water partition coefficient (Wildman–Crippen LogP) is 4.91. The molecule has 0 fully saturated rings. The molecular formula is C13H9ClF2S. The highest BCUT2D eigenvalue weighted by Gasteiger charge is 2.04. The highest BCUT2D eigenvalue weighted by molar-refractivity contribution is 7.98. The second-order valence-corrected chi connectivity index (χ2v) is 4.97. The highest BCUT2D eigenvalue weighted by Crippen LogP contribution is 2.26. The lowest BCUT2D eigenvalue weighted by Crippen LogP contribution is -1.89. The highest BCUT2D eigenvalue weighted by atomic mass is 35.5. The molecule has 2 aromatic carbocycles. The summed E-state index contributed by atoms with van der Waals surface area (Å²) in [5.41, 5.74) is 0.356. The quantitative estimate of drug-likeness (QED) is 0.714. The van der Waals surface area contributed by atoms with Crippen LogP contribution in [0.5, 0.6) is 0 Å². The molecule has 0 unspecified atom stereocenters. The van der Waals surface area contributed by atoms with Crippen LogP contribution >= 0.6 is 23.4 Å². The maximum Gasteiger partial charge on any atom is 0.127 e. The Labute approximate surface area is 108 Å². The van der Waals surface area contributed by atoms with E-state index in [0.29, 0.717) is 16.3 Å². The van der Waals surface area contributed by atoms with E-state index in [4.69, 9.17) is 11.6 Å².